The standard InChI is InChI=1S/C17H26NO5P/c1-2-3-11-24(22,23)13-15(12-14-7-5-4-6-8-14)17(21)18-10-9-16(19)20/h4-8,15H,2-3,9-13H2,1H3,(H,18,21)(H,19,20)(H,22,23). The Balaban J connectivity index is 2.76. The number of hydrogen-bond acceptors (Lipinski definition) is 3. The van der Waals surface area contributed by atoms with Crippen LogP contribution in [0.15, 0.2) is 30.3 Å². The van der Waals surface area contributed by atoms with E-state index in [0.717, 1.165) is 12.0 Å². The molecule has 0 heterocycles. The predicted octanol–water partition coefficient (Wildman–Crippen LogP) is 2.51. The van der Waals surface area contributed by atoms with Crippen molar-refractivity contribution >= 4 is 19.2 Å². The Bertz CT molecular complexity index is 576. The van der Waals surface area contributed by atoms with E-state index in [0.29, 0.717) is 12.8 Å². The van der Waals surface area contributed by atoms with Gasteiger partial charge in [-0.2, -0.15) is 0 Å². The number of rotatable bonds is 11. The molecule has 1 rings (SSSR count). The van der Waals surface area contributed by atoms with Crippen LogP contribution in [0, 0.1) is 5.92 Å². The fourth-order valence-corrected chi connectivity index (χ4v) is 4.39. The van der Waals surface area contributed by atoms with Gasteiger partial charge in [0.25, 0.3) is 0 Å². The number of unbranched alkanes of at least 4 members (excludes halogenated alkanes) is 1. The third-order valence-corrected chi connectivity index (χ3v) is 5.73. The number of benzene rings is 1. The Morgan fingerprint density at radius 2 is 1.92 bits per heavy atom. The minimum Gasteiger partial charge on any atom is -0.481 e. The molecule has 0 aliphatic heterocycles. The van der Waals surface area contributed by atoms with Gasteiger partial charge in [-0.1, -0.05) is 43.7 Å². The largest absolute Gasteiger partial charge is 0.481 e. The Morgan fingerprint density at radius 1 is 1.25 bits per heavy atom. The van der Waals surface area contributed by atoms with E-state index in [-0.39, 0.29) is 31.2 Å². The number of carboxylic acids is 1. The zero-order valence-electron chi connectivity index (χ0n) is 14.0. The van der Waals surface area contributed by atoms with Gasteiger partial charge >= 0.3 is 5.97 Å². The molecule has 6 nitrogen and oxygen atoms in total. The molecular formula is C17H26NO5P. The molecule has 0 bridgehead atoms. The highest BCUT2D eigenvalue weighted by molar-refractivity contribution is 7.58. The van der Waals surface area contributed by atoms with E-state index in [1.807, 2.05) is 37.3 Å². The van der Waals surface area contributed by atoms with Gasteiger partial charge < -0.3 is 15.3 Å². The van der Waals surface area contributed by atoms with Crippen molar-refractivity contribution in [3.63, 3.8) is 0 Å². The van der Waals surface area contributed by atoms with Gasteiger partial charge in [-0.3, -0.25) is 14.2 Å². The lowest BCUT2D eigenvalue weighted by molar-refractivity contribution is -0.137. The minimum absolute atomic E-state index is 0.0180. The van der Waals surface area contributed by atoms with Gasteiger partial charge in [-0.05, 0) is 18.4 Å². The van der Waals surface area contributed by atoms with Crippen molar-refractivity contribution in [1.82, 2.24) is 5.32 Å². The summed E-state index contributed by atoms with van der Waals surface area (Å²) in [6.07, 6.45) is 1.77. The fourth-order valence-electron chi connectivity index (χ4n) is 2.42. The van der Waals surface area contributed by atoms with Crippen molar-refractivity contribution < 1.29 is 24.2 Å². The van der Waals surface area contributed by atoms with Crippen LogP contribution >= 0.6 is 7.37 Å². The van der Waals surface area contributed by atoms with Crippen LogP contribution in [0.25, 0.3) is 0 Å². The number of nitrogens with one attached hydrogen (secondary N) is 1. The van der Waals surface area contributed by atoms with Crippen LogP contribution in [0.3, 0.4) is 0 Å². The van der Waals surface area contributed by atoms with Crippen molar-refractivity contribution in [2.24, 2.45) is 5.92 Å². The lowest BCUT2D eigenvalue weighted by Gasteiger charge is -2.20. The Hall–Kier alpha value is -1.65. The van der Waals surface area contributed by atoms with E-state index in [1.165, 1.54) is 0 Å². The summed E-state index contributed by atoms with van der Waals surface area (Å²) in [7, 11) is -3.38. The second kappa shape index (κ2) is 10.3. The van der Waals surface area contributed by atoms with Crippen LogP contribution in [-0.4, -0.2) is 40.7 Å². The maximum absolute atomic E-state index is 12.3. The molecule has 24 heavy (non-hydrogen) atoms. The number of amides is 1. The first kappa shape index (κ1) is 20.4. The van der Waals surface area contributed by atoms with Crippen LogP contribution in [0.1, 0.15) is 31.7 Å². The monoisotopic (exact) mass is 355 g/mol. The van der Waals surface area contributed by atoms with Gasteiger partial charge in [-0.15, -0.1) is 0 Å². The summed E-state index contributed by atoms with van der Waals surface area (Å²) in [6, 6.07) is 9.30. The molecule has 134 valence electrons. The Morgan fingerprint density at radius 3 is 2.50 bits per heavy atom. The third-order valence-electron chi connectivity index (χ3n) is 3.70. The molecule has 0 spiro atoms. The Labute approximate surface area is 142 Å². The van der Waals surface area contributed by atoms with Crippen LogP contribution in [0.4, 0.5) is 0 Å². The molecule has 3 N–H and O–H groups in total. The summed E-state index contributed by atoms with van der Waals surface area (Å²) < 4.78 is 12.3. The van der Waals surface area contributed by atoms with Gasteiger partial charge in [0, 0.05) is 18.9 Å². The quantitative estimate of drug-likeness (QED) is 0.529. The molecule has 0 fully saturated rings. The maximum Gasteiger partial charge on any atom is 0.305 e. The first-order chi connectivity index (χ1) is 11.3. The minimum atomic E-state index is -3.38. The third kappa shape index (κ3) is 8.27. The normalized spacial score (nSPS) is 14.6. The summed E-state index contributed by atoms with van der Waals surface area (Å²) in [5.41, 5.74) is 0.909. The number of carboxylic acid groups (broad SMARTS) is 1. The van der Waals surface area contributed by atoms with Gasteiger partial charge in [0.05, 0.1) is 12.3 Å². The number of aliphatic carboxylic acids is 1. The van der Waals surface area contributed by atoms with E-state index in [2.05, 4.69) is 5.32 Å². The Kier molecular flexibility index (Phi) is 8.72. The zero-order chi connectivity index (χ0) is 18.0. The van der Waals surface area contributed by atoms with E-state index < -0.39 is 19.3 Å². The molecule has 0 aliphatic rings. The predicted molar refractivity (Wildman–Crippen MR) is 93.4 cm³/mol. The van der Waals surface area contributed by atoms with Crippen LogP contribution in [0.5, 0.6) is 0 Å². The molecular weight excluding hydrogens is 329 g/mol. The molecule has 0 aliphatic carbocycles. The van der Waals surface area contributed by atoms with E-state index in [4.69, 9.17) is 5.11 Å². The van der Waals surface area contributed by atoms with Crippen molar-refractivity contribution in [2.45, 2.75) is 32.6 Å². The first-order valence-electron chi connectivity index (χ1n) is 8.18. The molecule has 1 aromatic carbocycles. The van der Waals surface area contributed by atoms with E-state index in [1.54, 1.807) is 0 Å². The topological polar surface area (TPSA) is 104 Å². The first-order valence-corrected chi connectivity index (χ1v) is 10.2. The molecule has 1 aromatic rings. The molecule has 2 unspecified atom stereocenters. The highest BCUT2D eigenvalue weighted by Gasteiger charge is 2.28. The molecule has 1 amide bonds. The van der Waals surface area contributed by atoms with Crippen LogP contribution < -0.4 is 5.32 Å². The van der Waals surface area contributed by atoms with Crippen LogP contribution in [0.2, 0.25) is 0 Å². The molecule has 0 saturated carbocycles. The lowest BCUT2D eigenvalue weighted by atomic mass is 10.0. The van der Waals surface area contributed by atoms with Crippen molar-refractivity contribution in [2.75, 3.05) is 18.9 Å². The lowest BCUT2D eigenvalue weighted by Crippen LogP contribution is -2.35. The van der Waals surface area contributed by atoms with Gasteiger partial charge in [-0.25, -0.2) is 0 Å². The molecule has 7 heteroatoms. The summed E-state index contributed by atoms with van der Waals surface area (Å²) in [4.78, 5) is 33.0. The highest BCUT2D eigenvalue weighted by atomic mass is 31.2. The molecule has 2 atom stereocenters. The van der Waals surface area contributed by atoms with E-state index in [9.17, 15) is 19.0 Å². The average molecular weight is 355 g/mol. The van der Waals surface area contributed by atoms with E-state index >= 15 is 0 Å². The zero-order valence-corrected chi connectivity index (χ0v) is 14.9. The van der Waals surface area contributed by atoms with Crippen molar-refractivity contribution in [3.8, 4) is 0 Å². The molecule has 0 saturated heterocycles. The van der Waals surface area contributed by atoms with Gasteiger partial charge in [0.1, 0.15) is 0 Å². The fraction of sp³-hybridized carbons (Fsp3) is 0.529. The maximum atomic E-state index is 12.3. The number of carbonyl (C=O) groups excluding carboxylic acids is 1. The highest BCUT2D eigenvalue weighted by Crippen LogP contribution is 2.44. The number of hydrogen-bond donors (Lipinski definition) is 3. The molecule has 0 aromatic heterocycles. The summed E-state index contributed by atoms with van der Waals surface area (Å²) in [5, 5.41) is 11.2. The summed E-state index contributed by atoms with van der Waals surface area (Å²) >= 11 is 0. The smallest absolute Gasteiger partial charge is 0.305 e. The average Bonchev–Trinajstić information content (AvgIpc) is 2.52. The van der Waals surface area contributed by atoms with Gasteiger partial charge in [0.2, 0.25) is 13.3 Å². The molecule has 0 radical (unpaired) electrons. The van der Waals surface area contributed by atoms with Crippen LogP contribution in [-0.2, 0) is 20.6 Å². The summed E-state index contributed by atoms with van der Waals surface area (Å²) in [5.74, 6) is -2.01. The number of carbonyl (C=O) groups is 2. The van der Waals surface area contributed by atoms with Gasteiger partial charge in [0.15, 0.2) is 0 Å². The second-order valence-corrected chi connectivity index (χ2v) is 8.43. The second-order valence-electron chi connectivity index (χ2n) is 5.93. The SMILES string of the molecule is CCCCP(=O)(O)CC(Cc1ccccc1)C(=O)NCCC(=O)O. The summed E-state index contributed by atoms with van der Waals surface area (Å²) in [6.45, 7) is 1.96. The van der Waals surface area contributed by atoms with Crippen molar-refractivity contribution in [1.29, 1.82) is 0 Å². The van der Waals surface area contributed by atoms with Crippen molar-refractivity contribution in [3.05, 3.63) is 35.9 Å².